The van der Waals surface area contributed by atoms with Crippen molar-refractivity contribution in [3.8, 4) is 17.0 Å². The first kappa shape index (κ1) is 18.2. The molecule has 7 heteroatoms. The zero-order valence-electron chi connectivity index (χ0n) is 15.6. The van der Waals surface area contributed by atoms with Crippen LogP contribution in [0.2, 0.25) is 0 Å². The standard InChI is InChI=1S/C21H19N3O3S/c1-13-3-5-16(14(2)7-13)23-20(25)9-24-18-8-15(17-11-28-12-22-17)4-6-19(18)27-10-21(24)26/h3-8,11-12H,9-10H2,1-2H3,(H,23,25). The molecule has 1 aromatic heterocycles. The molecule has 6 nitrogen and oxygen atoms in total. The Kier molecular flexibility index (Phi) is 4.83. The molecule has 4 rings (SSSR count). The molecule has 3 aromatic rings. The molecule has 1 aliphatic heterocycles. The number of fused-ring (bicyclic) bond motifs is 1. The van der Waals surface area contributed by atoms with Gasteiger partial charge in [0, 0.05) is 16.6 Å². The van der Waals surface area contributed by atoms with Crippen LogP contribution in [-0.2, 0) is 9.59 Å². The average molecular weight is 393 g/mol. The lowest BCUT2D eigenvalue weighted by Crippen LogP contribution is -2.43. The quantitative estimate of drug-likeness (QED) is 0.732. The van der Waals surface area contributed by atoms with Crippen LogP contribution in [0.25, 0.3) is 11.3 Å². The van der Waals surface area contributed by atoms with E-state index in [4.69, 9.17) is 4.74 Å². The van der Waals surface area contributed by atoms with E-state index in [-0.39, 0.29) is 25.0 Å². The molecule has 0 radical (unpaired) electrons. The Labute approximate surface area is 166 Å². The first-order chi connectivity index (χ1) is 13.5. The number of benzene rings is 2. The number of carbonyl (C=O) groups is 2. The molecular weight excluding hydrogens is 374 g/mol. The smallest absolute Gasteiger partial charge is 0.265 e. The van der Waals surface area contributed by atoms with Crippen molar-refractivity contribution in [3.63, 3.8) is 0 Å². The van der Waals surface area contributed by atoms with E-state index in [9.17, 15) is 9.59 Å². The summed E-state index contributed by atoms with van der Waals surface area (Å²) in [6.07, 6.45) is 0. The number of carbonyl (C=O) groups excluding carboxylic acids is 2. The molecule has 1 N–H and O–H groups in total. The van der Waals surface area contributed by atoms with Crippen molar-refractivity contribution in [2.45, 2.75) is 13.8 Å². The van der Waals surface area contributed by atoms with Gasteiger partial charge < -0.3 is 10.1 Å². The highest BCUT2D eigenvalue weighted by atomic mass is 32.1. The molecule has 0 atom stereocenters. The number of anilines is 2. The van der Waals surface area contributed by atoms with Crippen molar-refractivity contribution in [2.75, 3.05) is 23.4 Å². The van der Waals surface area contributed by atoms with Crippen LogP contribution in [0, 0.1) is 13.8 Å². The summed E-state index contributed by atoms with van der Waals surface area (Å²) >= 11 is 1.50. The van der Waals surface area contributed by atoms with Crippen LogP contribution >= 0.6 is 11.3 Å². The maximum absolute atomic E-state index is 12.6. The molecule has 1 aliphatic rings. The summed E-state index contributed by atoms with van der Waals surface area (Å²) in [5.41, 5.74) is 6.88. The van der Waals surface area contributed by atoms with Gasteiger partial charge >= 0.3 is 0 Å². The Morgan fingerprint density at radius 1 is 1.25 bits per heavy atom. The average Bonchev–Trinajstić information content (AvgIpc) is 3.21. The minimum absolute atomic E-state index is 0.0803. The van der Waals surface area contributed by atoms with Gasteiger partial charge in [-0.05, 0) is 43.7 Å². The summed E-state index contributed by atoms with van der Waals surface area (Å²) < 4.78 is 5.53. The van der Waals surface area contributed by atoms with E-state index in [1.165, 1.54) is 16.2 Å². The van der Waals surface area contributed by atoms with Gasteiger partial charge in [-0.15, -0.1) is 11.3 Å². The van der Waals surface area contributed by atoms with Crippen molar-refractivity contribution in [3.05, 3.63) is 58.4 Å². The van der Waals surface area contributed by atoms with E-state index in [2.05, 4.69) is 10.3 Å². The summed E-state index contributed by atoms with van der Waals surface area (Å²) in [7, 11) is 0. The van der Waals surface area contributed by atoms with Crippen LogP contribution in [0.5, 0.6) is 5.75 Å². The third-order valence-electron chi connectivity index (χ3n) is 4.59. The van der Waals surface area contributed by atoms with Gasteiger partial charge in [-0.25, -0.2) is 4.98 Å². The second-order valence-corrected chi connectivity index (χ2v) is 7.41. The molecule has 2 heterocycles. The molecule has 0 aliphatic carbocycles. The van der Waals surface area contributed by atoms with Crippen molar-refractivity contribution in [1.29, 1.82) is 0 Å². The maximum atomic E-state index is 12.6. The highest BCUT2D eigenvalue weighted by Gasteiger charge is 2.28. The molecule has 0 saturated heterocycles. The number of thiazole rings is 1. The van der Waals surface area contributed by atoms with Crippen LogP contribution in [0.15, 0.2) is 47.3 Å². The largest absolute Gasteiger partial charge is 0.482 e. The Morgan fingerprint density at radius 2 is 2.11 bits per heavy atom. The molecule has 28 heavy (non-hydrogen) atoms. The number of hydrogen-bond acceptors (Lipinski definition) is 5. The molecule has 2 amide bonds. The van der Waals surface area contributed by atoms with Crippen LogP contribution in [-0.4, -0.2) is 29.9 Å². The van der Waals surface area contributed by atoms with E-state index in [1.807, 2.05) is 55.6 Å². The minimum Gasteiger partial charge on any atom is -0.482 e. The molecule has 0 fully saturated rings. The van der Waals surface area contributed by atoms with Gasteiger partial charge in [0.05, 0.1) is 16.9 Å². The van der Waals surface area contributed by atoms with Crippen molar-refractivity contribution in [2.24, 2.45) is 0 Å². The normalized spacial score (nSPS) is 13.1. The maximum Gasteiger partial charge on any atom is 0.265 e. The Hall–Kier alpha value is -3.19. The lowest BCUT2D eigenvalue weighted by Gasteiger charge is -2.29. The van der Waals surface area contributed by atoms with Crippen LogP contribution in [0.4, 0.5) is 11.4 Å². The lowest BCUT2D eigenvalue weighted by molar-refractivity contribution is -0.123. The van der Waals surface area contributed by atoms with Crippen molar-refractivity contribution in [1.82, 2.24) is 4.98 Å². The van der Waals surface area contributed by atoms with E-state index in [0.29, 0.717) is 11.4 Å². The number of nitrogens with zero attached hydrogens (tertiary/aromatic N) is 2. The lowest BCUT2D eigenvalue weighted by atomic mass is 10.1. The molecular formula is C21H19N3O3S. The third kappa shape index (κ3) is 3.61. The fourth-order valence-corrected chi connectivity index (χ4v) is 3.74. The number of nitrogens with one attached hydrogen (secondary N) is 1. The van der Waals surface area contributed by atoms with Crippen molar-refractivity contribution < 1.29 is 14.3 Å². The number of ether oxygens (including phenoxy) is 1. The van der Waals surface area contributed by atoms with Crippen LogP contribution in [0.1, 0.15) is 11.1 Å². The van der Waals surface area contributed by atoms with E-state index >= 15 is 0 Å². The van der Waals surface area contributed by atoms with Gasteiger partial charge in [0.1, 0.15) is 12.3 Å². The van der Waals surface area contributed by atoms with Gasteiger partial charge in [0.25, 0.3) is 5.91 Å². The Morgan fingerprint density at radius 3 is 2.86 bits per heavy atom. The zero-order chi connectivity index (χ0) is 19.7. The SMILES string of the molecule is Cc1ccc(NC(=O)CN2C(=O)COc3ccc(-c4cscn4)cc32)c(C)c1. The van der Waals surface area contributed by atoms with Gasteiger partial charge in [0.2, 0.25) is 5.91 Å². The van der Waals surface area contributed by atoms with Gasteiger partial charge in [-0.1, -0.05) is 17.7 Å². The fourth-order valence-electron chi connectivity index (χ4n) is 3.18. The zero-order valence-corrected chi connectivity index (χ0v) is 16.4. The fraction of sp³-hybridized carbons (Fsp3) is 0.190. The second kappa shape index (κ2) is 7.44. The number of amides is 2. The topological polar surface area (TPSA) is 71.5 Å². The Balaban J connectivity index is 1.58. The molecule has 142 valence electrons. The van der Waals surface area contributed by atoms with Crippen molar-refractivity contribution >= 4 is 34.5 Å². The molecule has 0 unspecified atom stereocenters. The van der Waals surface area contributed by atoms with Crippen LogP contribution in [0.3, 0.4) is 0 Å². The summed E-state index contributed by atoms with van der Waals surface area (Å²) in [4.78, 5) is 30.9. The summed E-state index contributed by atoms with van der Waals surface area (Å²) in [6.45, 7) is 3.78. The first-order valence-electron chi connectivity index (χ1n) is 8.84. The number of aryl methyl sites for hydroxylation is 2. The molecule has 0 bridgehead atoms. The summed E-state index contributed by atoms with van der Waals surface area (Å²) in [6, 6.07) is 11.4. The second-order valence-electron chi connectivity index (χ2n) is 6.69. The highest BCUT2D eigenvalue weighted by Crippen LogP contribution is 2.36. The van der Waals surface area contributed by atoms with E-state index < -0.39 is 0 Å². The van der Waals surface area contributed by atoms with Gasteiger partial charge in [0.15, 0.2) is 6.61 Å². The van der Waals surface area contributed by atoms with Gasteiger partial charge in [-0.2, -0.15) is 0 Å². The van der Waals surface area contributed by atoms with Crippen LogP contribution < -0.4 is 15.0 Å². The molecule has 0 spiro atoms. The summed E-state index contributed by atoms with van der Waals surface area (Å²) in [5, 5.41) is 4.83. The summed E-state index contributed by atoms with van der Waals surface area (Å²) in [5.74, 6) is 0.0730. The molecule has 2 aromatic carbocycles. The van der Waals surface area contributed by atoms with E-state index in [0.717, 1.165) is 28.1 Å². The van der Waals surface area contributed by atoms with Gasteiger partial charge in [-0.3, -0.25) is 14.5 Å². The first-order valence-corrected chi connectivity index (χ1v) is 9.78. The monoisotopic (exact) mass is 393 g/mol. The van der Waals surface area contributed by atoms with E-state index in [1.54, 1.807) is 5.51 Å². The number of rotatable bonds is 4. The number of hydrogen-bond donors (Lipinski definition) is 1. The Bertz CT molecular complexity index is 1050. The highest BCUT2D eigenvalue weighted by molar-refractivity contribution is 7.07. The minimum atomic E-state index is -0.257. The predicted molar refractivity (Wildman–Crippen MR) is 110 cm³/mol. The predicted octanol–water partition coefficient (Wildman–Crippen LogP) is 3.79. The third-order valence-corrected chi connectivity index (χ3v) is 5.17. The number of aromatic nitrogens is 1. The molecule has 0 saturated carbocycles.